The molecule has 0 aliphatic rings. The Hall–Kier alpha value is -6.67. The summed E-state index contributed by atoms with van der Waals surface area (Å²) in [4.78, 5) is 195. The van der Waals surface area contributed by atoms with Gasteiger partial charge in [0.25, 0.3) is 0 Å². The first-order chi connectivity index (χ1) is 47.5. The number of nitrogens with one attached hydrogen (secondary N) is 2. The topological polar surface area (TPSA) is 306 Å². The van der Waals surface area contributed by atoms with Crippen LogP contribution in [0.5, 0.6) is 0 Å². The van der Waals surface area contributed by atoms with Gasteiger partial charge in [0.05, 0.1) is 37.4 Å². The van der Waals surface area contributed by atoms with Crippen LogP contribution in [-0.2, 0) is 81.3 Å². The number of allylic oxidation sites excluding steroid dienone is 2. The Balaban J connectivity index is 7.20. The van der Waals surface area contributed by atoms with Gasteiger partial charge in [0.2, 0.25) is 47.3 Å². The number of ketones is 3. The first kappa shape index (κ1) is 96.3. The van der Waals surface area contributed by atoms with E-state index in [2.05, 4.69) is 10.6 Å². The molecule has 0 rings (SSSR count). The molecule has 0 aliphatic heterocycles. The smallest absolute Gasteiger partial charge is 0.328 e. The van der Waals surface area contributed by atoms with Crippen LogP contribution in [0.3, 0.4) is 0 Å². The number of methoxy groups -OCH3 is 1. The summed E-state index contributed by atoms with van der Waals surface area (Å²) in [5, 5.41) is 5.72. The van der Waals surface area contributed by atoms with Crippen molar-refractivity contribution in [3.05, 3.63) is 12.2 Å². The Morgan fingerprint density at radius 3 is 1.43 bits per heavy atom. The monoisotopic (exact) mass is 1460 g/mol. The van der Waals surface area contributed by atoms with Gasteiger partial charge >= 0.3 is 11.9 Å². The lowest BCUT2D eigenvalue weighted by Crippen LogP contribution is -2.63. The van der Waals surface area contributed by atoms with Crippen LogP contribution in [-0.4, -0.2) is 261 Å². The number of amides is 8. The standard InChI is InChI=1S/C77H137N9O17/c1-31-33-34-50(13)68(103-55(18)88)67(69(92)79-57(32-2)76(99)101-36-35-80(23)54(17)87)86(29)75(98)65(49(11)12)84(27)74(97)61(39-47(7)8)83(26)73(96)60(38-46(5)6)82(25)70(93)52(15)41-62(89)51(14)40-63(90)59(37-45(3)4)81(24)71(94)56(48(9)10)42-64(91)66(53(16)43-100-30)85(28)72(95)58(78-22)44-102-77(19,20)21/h31,33,45-53,56-61,65-68,78H,32,34-44H2,1-30H3,(H,79,92)/b33-31+/t50-,51-,52+,53-,56+,57+,58-,59+,60+,61+,65+,66+,67+,68-/m1/s1. The SMILES string of the molecule is C/C=C/C[C@@H](C)[C@@H](OC(C)=O)[C@@H](C(=O)N[C@@H](CC)C(=O)OCCN(C)C(C)=O)N(C)C(=O)[C@H](C(C)C)N(C)C(=O)[C@H](CC(C)C)N(C)C(=O)[C@H](CC(C)C)N(C)C(=O)[C@@H](C)CC(=O)[C@H](C)CC(=O)[C@H](CC(C)C)N(C)C(=O)[C@@H](CC(=O)[C@H]([C@H](C)COC)N(C)C(=O)[C@@H](COC(C)(C)C)NC)C(C)C. The lowest BCUT2D eigenvalue weighted by molar-refractivity contribution is -0.164. The highest BCUT2D eigenvalue weighted by Gasteiger charge is 2.47. The number of carbonyl (C=O) groups excluding carboxylic acids is 13. The Morgan fingerprint density at radius 2 is 0.981 bits per heavy atom. The number of nitrogens with zero attached hydrogens (tertiary/aromatic N) is 7. The number of Topliss-reactive ketones (excluding diaryl/α,β-unsaturated/α-hetero) is 3. The van der Waals surface area contributed by atoms with Crippen molar-refractivity contribution in [3.63, 3.8) is 0 Å². The maximum Gasteiger partial charge on any atom is 0.328 e. The van der Waals surface area contributed by atoms with Crippen LogP contribution in [0.25, 0.3) is 0 Å². The fraction of sp³-hybridized carbons (Fsp3) is 0.805. The zero-order valence-electron chi connectivity index (χ0n) is 68.7. The quantitative estimate of drug-likeness (QED) is 0.0446. The van der Waals surface area contributed by atoms with Crippen LogP contribution in [0.4, 0.5) is 0 Å². The van der Waals surface area contributed by atoms with E-state index in [1.54, 1.807) is 82.6 Å². The molecular weight excluding hydrogens is 1320 g/mol. The van der Waals surface area contributed by atoms with Gasteiger partial charge in [-0.1, -0.05) is 116 Å². The van der Waals surface area contributed by atoms with E-state index in [4.69, 9.17) is 18.9 Å². The maximum absolute atomic E-state index is 15.3. The minimum atomic E-state index is -1.56. The molecule has 26 heteroatoms. The van der Waals surface area contributed by atoms with Crippen molar-refractivity contribution in [1.82, 2.24) is 44.9 Å². The van der Waals surface area contributed by atoms with Crippen molar-refractivity contribution in [2.24, 2.45) is 59.2 Å². The third-order valence-electron chi connectivity index (χ3n) is 19.2. The molecule has 0 saturated heterocycles. The van der Waals surface area contributed by atoms with Crippen LogP contribution < -0.4 is 10.6 Å². The third kappa shape index (κ3) is 30.7. The number of esters is 2. The summed E-state index contributed by atoms with van der Waals surface area (Å²) in [7, 11) is 13.5. The molecule has 0 aliphatic carbocycles. The summed E-state index contributed by atoms with van der Waals surface area (Å²) < 4.78 is 22.7. The van der Waals surface area contributed by atoms with Crippen molar-refractivity contribution in [3.8, 4) is 0 Å². The van der Waals surface area contributed by atoms with Crippen LogP contribution in [0.2, 0.25) is 0 Å². The lowest BCUT2D eigenvalue weighted by Gasteiger charge is -2.42. The van der Waals surface area contributed by atoms with E-state index in [9.17, 15) is 47.9 Å². The van der Waals surface area contributed by atoms with Crippen molar-refractivity contribution in [1.29, 1.82) is 0 Å². The molecule has 0 bridgehead atoms. The first-order valence-corrected chi connectivity index (χ1v) is 37.0. The van der Waals surface area contributed by atoms with Gasteiger partial charge in [0.1, 0.15) is 54.7 Å². The molecule has 0 spiro atoms. The molecule has 26 nitrogen and oxygen atoms in total. The molecule has 0 aromatic carbocycles. The first-order valence-electron chi connectivity index (χ1n) is 37.0. The molecule has 0 aromatic rings. The predicted octanol–water partition coefficient (Wildman–Crippen LogP) is 7.30. The molecule has 8 amide bonds. The molecule has 0 radical (unpaired) electrons. The molecule has 103 heavy (non-hydrogen) atoms. The molecule has 0 heterocycles. The second-order valence-electron chi connectivity index (χ2n) is 31.5. The summed E-state index contributed by atoms with van der Waals surface area (Å²) in [6.45, 7) is 36.9. The molecule has 0 unspecified atom stereocenters. The molecule has 0 saturated carbocycles. The van der Waals surface area contributed by atoms with E-state index >= 15 is 14.4 Å². The van der Waals surface area contributed by atoms with Gasteiger partial charge in [-0.3, -0.25) is 57.5 Å². The van der Waals surface area contributed by atoms with Crippen LogP contribution in [0, 0.1) is 59.2 Å². The molecular formula is C77H137N9O17. The molecule has 2 N–H and O–H groups in total. The maximum atomic E-state index is 15.3. The highest BCUT2D eigenvalue weighted by atomic mass is 16.5. The van der Waals surface area contributed by atoms with E-state index in [-0.39, 0.29) is 118 Å². The predicted molar refractivity (Wildman–Crippen MR) is 398 cm³/mol. The second-order valence-corrected chi connectivity index (χ2v) is 31.5. The summed E-state index contributed by atoms with van der Waals surface area (Å²) in [6.07, 6.45) is 2.48. The van der Waals surface area contributed by atoms with Crippen molar-refractivity contribution in [2.45, 2.75) is 257 Å². The zero-order valence-corrected chi connectivity index (χ0v) is 68.7. The van der Waals surface area contributed by atoms with Gasteiger partial charge < -0.3 is 63.9 Å². The average molecular weight is 1460 g/mol. The number of likely N-dealkylation sites (N-methyl/N-ethyl adjacent to an activating group) is 8. The van der Waals surface area contributed by atoms with Crippen molar-refractivity contribution >= 4 is 76.5 Å². The molecule has 0 fully saturated rings. The summed E-state index contributed by atoms with van der Waals surface area (Å²) in [5.74, 6) is -12.2. The van der Waals surface area contributed by atoms with Crippen LogP contribution in [0.15, 0.2) is 12.2 Å². The van der Waals surface area contributed by atoms with Gasteiger partial charge in [0, 0.05) is 113 Å². The van der Waals surface area contributed by atoms with Gasteiger partial charge in [0.15, 0.2) is 11.6 Å². The van der Waals surface area contributed by atoms with Gasteiger partial charge in [-0.15, -0.1) is 0 Å². The minimum Gasteiger partial charge on any atom is -0.462 e. The van der Waals surface area contributed by atoms with Crippen LogP contribution in [0.1, 0.15) is 197 Å². The number of hydrogen-bond acceptors (Lipinski definition) is 18. The normalized spacial score (nSPS) is 16.0. The van der Waals surface area contributed by atoms with E-state index in [0.717, 1.165) is 4.90 Å². The molecule has 592 valence electrons. The number of ether oxygens (including phenoxy) is 4. The van der Waals surface area contributed by atoms with Crippen LogP contribution >= 0.6 is 0 Å². The average Bonchev–Trinajstić information content (AvgIpc) is 0.820. The second kappa shape index (κ2) is 45.6. The van der Waals surface area contributed by atoms with Crippen molar-refractivity contribution in [2.75, 3.05) is 89.9 Å². The Kier molecular flexibility index (Phi) is 42.7. The van der Waals surface area contributed by atoms with Gasteiger partial charge in [-0.25, -0.2) is 4.79 Å². The largest absolute Gasteiger partial charge is 0.462 e. The van der Waals surface area contributed by atoms with Gasteiger partial charge in [-0.05, 0) is 102 Å². The summed E-state index contributed by atoms with van der Waals surface area (Å²) in [6, 6.07) is -9.09. The number of hydrogen-bond donors (Lipinski definition) is 2. The van der Waals surface area contributed by atoms with E-state index in [0.29, 0.717) is 6.42 Å². The Bertz CT molecular complexity index is 2820. The molecule has 0 aromatic heterocycles. The fourth-order valence-electron chi connectivity index (χ4n) is 12.8. The Labute approximate surface area is 618 Å². The fourth-order valence-corrected chi connectivity index (χ4v) is 12.8. The molecule has 14 atom stereocenters. The van der Waals surface area contributed by atoms with Crippen molar-refractivity contribution < 1.29 is 81.3 Å². The summed E-state index contributed by atoms with van der Waals surface area (Å²) in [5.41, 5.74) is -0.530. The Morgan fingerprint density at radius 1 is 0.505 bits per heavy atom. The highest BCUT2D eigenvalue weighted by molar-refractivity contribution is 5.99. The lowest BCUT2D eigenvalue weighted by atomic mass is 9.83. The zero-order chi connectivity index (χ0) is 80.2. The number of rotatable bonds is 47. The van der Waals surface area contributed by atoms with E-state index < -0.39 is 149 Å². The summed E-state index contributed by atoms with van der Waals surface area (Å²) >= 11 is 0. The highest BCUT2D eigenvalue weighted by Crippen LogP contribution is 2.30. The van der Waals surface area contributed by atoms with E-state index in [1.807, 2.05) is 82.2 Å². The third-order valence-corrected chi connectivity index (χ3v) is 19.2. The minimum absolute atomic E-state index is 0.0524. The van der Waals surface area contributed by atoms with Gasteiger partial charge in [-0.2, -0.15) is 0 Å². The number of carbonyl (C=O) groups is 13. The van der Waals surface area contributed by atoms with E-state index in [1.165, 1.54) is 85.6 Å².